The molecule has 21 heavy (non-hydrogen) atoms. The smallest absolute Gasteiger partial charge is 0.208 e. The summed E-state index contributed by atoms with van der Waals surface area (Å²) in [7, 11) is 2.02. The van der Waals surface area contributed by atoms with Gasteiger partial charge in [-0.05, 0) is 12.6 Å². The van der Waals surface area contributed by atoms with Crippen molar-refractivity contribution in [1.82, 2.24) is 20.1 Å². The molecule has 1 aromatic heterocycles. The summed E-state index contributed by atoms with van der Waals surface area (Å²) in [5, 5.41) is 17.8. The van der Waals surface area contributed by atoms with E-state index >= 15 is 0 Å². The predicted octanol–water partition coefficient (Wildman–Crippen LogP) is 1.95. The average Bonchev–Trinajstić information content (AvgIpc) is 2.94. The first-order valence-corrected chi connectivity index (χ1v) is 8.10. The molecule has 0 radical (unpaired) electrons. The largest absolute Gasteiger partial charge is 0.391 e. The summed E-state index contributed by atoms with van der Waals surface area (Å²) in [6.07, 6.45) is 0.447. The molecule has 114 valence electrons. The van der Waals surface area contributed by atoms with E-state index in [1.165, 1.54) is 17.3 Å². The lowest BCUT2D eigenvalue weighted by atomic mass is 10.2. The minimum atomic E-state index is -0.396. The lowest BCUT2D eigenvalue weighted by Crippen LogP contribution is -2.30. The van der Waals surface area contributed by atoms with Crippen molar-refractivity contribution < 1.29 is 5.11 Å². The van der Waals surface area contributed by atoms with Gasteiger partial charge in [0.25, 0.3) is 0 Å². The highest BCUT2D eigenvalue weighted by molar-refractivity contribution is 7.99. The van der Waals surface area contributed by atoms with Crippen molar-refractivity contribution in [3.8, 4) is 0 Å². The second kappa shape index (κ2) is 8.17. The molecule has 0 bridgehead atoms. The fourth-order valence-electron chi connectivity index (χ4n) is 2.04. The number of aromatic amines is 1. The van der Waals surface area contributed by atoms with E-state index in [1.807, 2.05) is 32.2 Å². The maximum absolute atomic E-state index is 10.1. The monoisotopic (exact) mass is 306 g/mol. The van der Waals surface area contributed by atoms with Crippen LogP contribution in [0, 0.1) is 0 Å². The maximum Gasteiger partial charge on any atom is 0.208 e. The molecular formula is C15H22N4OS. The highest BCUT2D eigenvalue weighted by Crippen LogP contribution is 2.14. The molecule has 0 saturated heterocycles. The number of aryl methyl sites for hydroxylation is 1. The molecule has 1 heterocycles. The van der Waals surface area contributed by atoms with E-state index in [0.29, 0.717) is 17.5 Å². The van der Waals surface area contributed by atoms with E-state index in [-0.39, 0.29) is 0 Å². The first kappa shape index (κ1) is 16.0. The minimum absolute atomic E-state index is 0.396. The average molecular weight is 306 g/mol. The van der Waals surface area contributed by atoms with Gasteiger partial charge in [-0.15, -0.1) is 5.10 Å². The topological polar surface area (TPSA) is 65.0 Å². The zero-order valence-electron chi connectivity index (χ0n) is 12.5. The summed E-state index contributed by atoms with van der Waals surface area (Å²) in [6, 6.07) is 10.3. The number of benzene rings is 1. The molecule has 0 amide bonds. The Balaban J connectivity index is 1.72. The fourth-order valence-corrected chi connectivity index (χ4v) is 2.78. The molecule has 1 unspecified atom stereocenters. The number of nitrogens with zero attached hydrogens (tertiary/aromatic N) is 3. The number of H-pyrrole nitrogens is 1. The van der Waals surface area contributed by atoms with Crippen LogP contribution in [0.2, 0.25) is 0 Å². The van der Waals surface area contributed by atoms with E-state index in [1.54, 1.807) is 0 Å². The van der Waals surface area contributed by atoms with Crippen LogP contribution >= 0.6 is 11.8 Å². The zero-order chi connectivity index (χ0) is 15.1. The van der Waals surface area contributed by atoms with Crippen LogP contribution in [0.3, 0.4) is 0 Å². The third kappa shape index (κ3) is 5.49. The predicted molar refractivity (Wildman–Crippen MR) is 85.3 cm³/mol. The normalized spacial score (nSPS) is 12.8. The molecule has 0 fully saturated rings. The summed E-state index contributed by atoms with van der Waals surface area (Å²) in [6.45, 7) is 3.50. The Kier molecular flexibility index (Phi) is 6.22. The SMILES string of the molecule is CCc1nc(SCC(O)CN(C)Cc2ccccc2)n[nH]1. The molecule has 1 atom stereocenters. The second-order valence-corrected chi connectivity index (χ2v) is 6.05. The van der Waals surface area contributed by atoms with Gasteiger partial charge in [0.05, 0.1) is 6.10 Å². The van der Waals surface area contributed by atoms with Crippen LogP contribution in [0.25, 0.3) is 0 Å². The molecule has 1 aromatic carbocycles. The Hall–Kier alpha value is -1.37. The number of aromatic nitrogens is 3. The Morgan fingerprint density at radius 3 is 2.76 bits per heavy atom. The van der Waals surface area contributed by atoms with Crippen molar-refractivity contribution in [2.45, 2.75) is 31.1 Å². The Labute approximate surface area is 129 Å². The van der Waals surface area contributed by atoms with Crippen LogP contribution in [0.1, 0.15) is 18.3 Å². The summed E-state index contributed by atoms with van der Waals surface area (Å²) in [4.78, 5) is 6.44. The number of hydrogen-bond donors (Lipinski definition) is 2. The van der Waals surface area contributed by atoms with Crippen molar-refractivity contribution in [3.05, 3.63) is 41.7 Å². The van der Waals surface area contributed by atoms with E-state index in [2.05, 4.69) is 32.2 Å². The Bertz CT molecular complexity index is 531. The standard InChI is InChI=1S/C15H22N4OS/c1-3-14-16-15(18-17-14)21-11-13(20)10-19(2)9-12-7-5-4-6-8-12/h4-8,13,20H,3,9-11H2,1-2H3,(H,16,17,18). The fraction of sp³-hybridized carbons (Fsp3) is 0.467. The van der Waals surface area contributed by atoms with Gasteiger partial charge in [0.15, 0.2) is 0 Å². The minimum Gasteiger partial charge on any atom is -0.391 e. The number of aliphatic hydroxyl groups is 1. The van der Waals surface area contributed by atoms with Gasteiger partial charge < -0.3 is 5.11 Å². The Morgan fingerprint density at radius 2 is 2.10 bits per heavy atom. The van der Waals surface area contributed by atoms with E-state index in [9.17, 15) is 5.11 Å². The molecule has 2 N–H and O–H groups in total. The summed E-state index contributed by atoms with van der Waals surface area (Å²) < 4.78 is 0. The lowest BCUT2D eigenvalue weighted by Gasteiger charge is -2.20. The quantitative estimate of drug-likeness (QED) is 0.730. The molecule has 5 nitrogen and oxygen atoms in total. The molecule has 2 rings (SSSR count). The molecule has 0 aliphatic heterocycles. The summed E-state index contributed by atoms with van der Waals surface area (Å²) in [5.41, 5.74) is 1.25. The molecular weight excluding hydrogens is 284 g/mol. The van der Waals surface area contributed by atoms with Crippen molar-refractivity contribution >= 4 is 11.8 Å². The molecule has 0 saturated carbocycles. The third-order valence-corrected chi connectivity index (χ3v) is 4.06. The van der Waals surface area contributed by atoms with Crippen LogP contribution in [0.5, 0.6) is 0 Å². The van der Waals surface area contributed by atoms with Crippen molar-refractivity contribution in [3.63, 3.8) is 0 Å². The van der Waals surface area contributed by atoms with Crippen LogP contribution in [0.15, 0.2) is 35.5 Å². The first-order chi connectivity index (χ1) is 10.2. The Morgan fingerprint density at radius 1 is 1.33 bits per heavy atom. The van der Waals surface area contributed by atoms with E-state index in [4.69, 9.17) is 0 Å². The second-order valence-electron chi connectivity index (χ2n) is 5.07. The van der Waals surface area contributed by atoms with E-state index < -0.39 is 6.10 Å². The zero-order valence-corrected chi connectivity index (χ0v) is 13.3. The van der Waals surface area contributed by atoms with Gasteiger partial charge in [0.1, 0.15) is 5.82 Å². The van der Waals surface area contributed by atoms with Gasteiger partial charge in [-0.1, -0.05) is 49.0 Å². The first-order valence-electron chi connectivity index (χ1n) is 7.12. The molecule has 0 aliphatic carbocycles. The van der Waals surface area contributed by atoms with E-state index in [0.717, 1.165) is 18.8 Å². The van der Waals surface area contributed by atoms with Crippen molar-refractivity contribution in [2.75, 3.05) is 19.3 Å². The van der Waals surface area contributed by atoms with Crippen LogP contribution in [0.4, 0.5) is 0 Å². The molecule has 6 heteroatoms. The number of nitrogens with one attached hydrogen (secondary N) is 1. The van der Waals surface area contributed by atoms with Gasteiger partial charge in [-0.25, -0.2) is 4.98 Å². The molecule has 2 aromatic rings. The number of hydrogen-bond acceptors (Lipinski definition) is 5. The van der Waals surface area contributed by atoms with Crippen molar-refractivity contribution in [1.29, 1.82) is 0 Å². The van der Waals surface area contributed by atoms with Gasteiger partial charge in [0.2, 0.25) is 5.16 Å². The number of aliphatic hydroxyl groups excluding tert-OH is 1. The van der Waals surface area contributed by atoms with Gasteiger partial charge in [0, 0.05) is 25.3 Å². The third-order valence-electron chi connectivity index (χ3n) is 3.07. The van der Waals surface area contributed by atoms with Crippen LogP contribution < -0.4 is 0 Å². The highest BCUT2D eigenvalue weighted by Gasteiger charge is 2.11. The van der Waals surface area contributed by atoms with Crippen LogP contribution in [-0.2, 0) is 13.0 Å². The molecule has 0 aliphatic rings. The summed E-state index contributed by atoms with van der Waals surface area (Å²) >= 11 is 1.48. The summed E-state index contributed by atoms with van der Waals surface area (Å²) in [5.74, 6) is 1.48. The number of thioether (sulfide) groups is 1. The van der Waals surface area contributed by atoms with Gasteiger partial charge in [-0.3, -0.25) is 10.00 Å². The van der Waals surface area contributed by atoms with Crippen molar-refractivity contribution in [2.24, 2.45) is 0 Å². The molecule has 0 spiro atoms. The highest BCUT2D eigenvalue weighted by atomic mass is 32.2. The maximum atomic E-state index is 10.1. The van der Waals surface area contributed by atoms with Gasteiger partial charge >= 0.3 is 0 Å². The van der Waals surface area contributed by atoms with Gasteiger partial charge in [-0.2, -0.15) is 0 Å². The lowest BCUT2D eigenvalue weighted by molar-refractivity contribution is 0.142. The number of likely N-dealkylation sites (N-methyl/N-ethyl adjacent to an activating group) is 1. The van der Waals surface area contributed by atoms with Crippen LogP contribution in [-0.4, -0.2) is 50.6 Å². The number of rotatable bonds is 8.